The second kappa shape index (κ2) is 5.60. The maximum absolute atomic E-state index is 11.7. The van der Waals surface area contributed by atoms with Gasteiger partial charge in [0.15, 0.2) is 17.7 Å². The largest absolute Gasteiger partial charge is 0.394 e. The number of rotatable bonds is 3. The molecule has 1 aromatic heterocycles. The Labute approximate surface area is 141 Å². The zero-order valence-electron chi connectivity index (χ0n) is 12.8. The summed E-state index contributed by atoms with van der Waals surface area (Å²) in [6.07, 6.45) is -4.29. The first-order valence-electron chi connectivity index (χ1n) is 7.01. The van der Waals surface area contributed by atoms with E-state index in [0.29, 0.717) is 4.90 Å². The summed E-state index contributed by atoms with van der Waals surface area (Å²) in [6, 6.07) is 0. The van der Waals surface area contributed by atoms with Crippen LogP contribution in [0.3, 0.4) is 0 Å². The number of fused-ring (bicyclic) bond motifs is 1. The molecule has 3 rings (SSSR count). The lowest BCUT2D eigenvalue weighted by atomic mass is 10.1. The van der Waals surface area contributed by atoms with Crippen LogP contribution in [0.4, 0.5) is 5.82 Å². The van der Waals surface area contributed by atoms with Crippen molar-refractivity contribution in [3.05, 3.63) is 12.0 Å². The van der Waals surface area contributed by atoms with E-state index in [1.807, 2.05) is 0 Å². The van der Waals surface area contributed by atoms with Gasteiger partial charge in [-0.05, 0) is 0 Å². The van der Waals surface area contributed by atoms with Gasteiger partial charge in [0, 0.05) is 7.05 Å². The number of nitrogens with two attached hydrogens (primary N) is 1. The third kappa shape index (κ3) is 2.34. The van der Waals surface area contributed by atoms with Crippen molar-refractivity contribution in [1.29, 1.82) is 0 Å². The van der Waals surface area contributed by atoms with Crippen molar-refractivity contribution in [3.63, 3.8) is 0 Å². The first-order valence-corrected chi connectivity index (χ1v) is 8.45. The van der Waals surface area contributed by atoms with E-state index in [9.17, 15) is 28.3 Å². The Balaban J connectivity index is 2.14. The Kier molecular flexibility index (Phi) is 4.03. The summed E-state index contributed by atoms with van der Waals surface area (Å²) in [5.74, 6) is -0.758. The predicted molar refractivity (Wildman–Crippen MR) is 79.7 cm³/mol. The summed E-state index contributed by atoms with van der Waals surface area (Å²) in [5, 5.41) is 36.6. The van der Waals surface area contributed by atoms with E-state index in [4.69, 9.17) is 15.6 Å². The van der Waals surface area contributed by atoms with E-state index in [-0.39, 0.29) is 5.82 Å². The van der Waals surface area contributed by atoms with Crippen molar-refractivity contribution < 1.29 is 38.1 Å². The number of imidazole rings is 1. The fraction of sp³-hybridized carbons (Fsp3) is 0.636. The normalized spacial score (nSPS) is 35.6. The highest BCUT2D eigenvalue weighted by molar-refractivity contribution is 7.86. The summed E-state index contributed by atoms with van der Waals surface area (Å²) >= 11 is 0. The number of aliphatic hydroxyl groups is 4. The topological polar surface area (TPSA) is 204 Å². The molecule has 14 heteroatoms. The molecule has 140 valence electrons. The van der Waals surface area contributed by atoms with Crippen molar-refractivity contribution in [1.82, 2.24) is 14.5 Å². The molecule has 0 bridgehead atoms. The van der Waals surface area contributed by atoms with Crippen molar-refractivity contribution >= 4 is 21.9 Å². The van der Waals surface area contributed by atoms with Gasteiger partial charge in [-0.1, -0.05) is 0 Å². The van der Waals surface area contributed by atoms with Crippen LogP contribution in [0.5, 0.6) is 0 Å². The Morgan fingerprint density at radius 1 is 1.40 bits per heavy atom. The molecule has 0 saturated carbocycles. The van der Waals surface area contributed by atoms with Crippen molar-refractivity contribution in [3.8, 4) is 0 Å². The molecule has 1 unspecified atom stereocenters. The van der Waals surface area contributed by atoms with Crippen LogP contribution in [-0.4, -0.2) is 85.8 Å². The average Bonchev–Trinajstić information content (AvgIpc) is 3.06. The van der Waals surface area contributed by atoms with Gasteiger partial charge in [0.05, 0.1) is 12.9 Å². The lowest BCUT2D eigenvalue weighted by Gasteiger charge is -2.36. The lowest BCUT2D eigenvalue weighted by Crippen LogP contribution is -2.56. The number of nitrogens with zero attached hydrogens (tertiary/aromatic N) is 4. The fourth-order valence-electron chi connectivity index (χ4n) is 2.78. The summed E-state index contributed by atoms with van der Waals surface area (Å²) in [5.41, 5.74) is 5.05. The van der Waals surface area contributed by atoms with E-state index < -0.39 is 58.0 Å². The highest BCUT2D eigenvalue weighted by atomic mass is 32.2. The molecule has 0 radical (unpaired) electrons. The quantitative estimate of drug-likeness (QED) is 0.283. The Bertz CT molecular complexity index is 824. The molecule has 3 heterocycles. The third-order valence-corrected chi connectivity index (χ3v) is 5.43. The molecule has 5 atom stereocenters. The van der Waals surface area contributed by atoms with Gasteiger partial charge < -0.3 is 30.9 Å². The van der Waals surface area contributed by atoms with Gasteiger partial charge in [-0.15, -0.1) is 0 Å². The van der Waals surface area contributed by atoms with Gasteiger partial charge in [-0.2, -0.15) is 13.4 Å². The number of hydrogen-bond acceptors (Lipinski definition) is 11. The molecule has 2 aliphatic rings. The lowest BCUT2D eigenvalue weighted by molar-refractivity contribution is -0.0524. The standard InChI is InChI=1S/C11H17N5O8S/c1-15-10(12)14-8-7(11(15,20)25(21,22)23)13-3-16(8)9-6(19)5(18)4(2-17)24-9/h3-6,9,17-20H,2H2,1H3,(H2,12,14)(H,21,22,23)/t4-,5-,6-,9-,11?/m1/s1. The fourth-order valence-corrected chi connectivity index (χ4v) is 3.61. The molecule has 0 spiro atoms. The zero-order valence-corrected chi connectivity index (χ0v) is 13.6. The second-order valence-electron chi connectivity index (χ2n) is 5.67. The van der Waals surface area contributed by atoms with E-state index >= 15 is 0 Å². The molecule has 1 fully saturated rings. The summed E-state index contributed by atoms with van der Waals surface area (Å²) in [4.78, 5) is 8.26. The van der Waals surface area contributed by atoms with Gasteiger partial charge in [-0.3, -0.25) is 14.0 Å². The zero-order chi connectivity index (χ0) is 18.7. The molecule has 13 nitrogen and oxygen atoms in total. The van der Waals surface area contributed by atoms with Gasteiger partial charge in [0.1, 0.15) is 18.3 Å². The summed E-state index contributed by atoms with van der Waals surface area (Å²) < 4.78 is 39.3. The minimum Gasteiger partial charge on any atom is -0.394 e. The molecular formula is C11H17N5O8S. The molecule has 25 heavy (non-hydrogen) atoms. The van der Waals surface area contributed by atoms with Gasteiger partial charge in [0.2, 0.25) is 5.96 Å². The van der Waals surface area contributed by atoms with Crippen molar-refractivity contribution in [2.45, 2.75) is 29.6 Å². The highest BCUT2D eigenvalue weighted by Crippen LogP contribution is 2.42. The minimum absolute atomic E-state index is 0.300. The van der Waals surface area contributed by atoms with Crippen molar-refractivity contribution in [2.75, 3.05) is 13.7 Å². The predicted octanol–water partition coefficient (Wildman–Crippen LogP) is -3.62. The number of hydrogen-bond donors (Lipinski definition) is 6. The number of aromatic nitrogens is 2. The molecule has 1 aromatic rings. The highest BCUT2D eigenvalue weighted by Gasteiger charge is 2.55. The van der Waals surface area contributed by atoms with Crippen LogP contribution in [0.15, 0.2) is 11.3 Å². The summed E-state index contributed by atoms with van der Waals surface area (Å²) in [6.45, 7) is -0.575. The van der Waals surface area contributed by atoms with Gasteiger partial charge >= 0.3 is 15.2 Å². The number of ether oxygens (including phenoxy) is 1. The number of guanidine groups is 1. The molecule has 2 aliphatic heterocycles. The van der Waals surface area contributed by atoms with Crippen LogP contribution in [0.25, 0.3) is 0 Å². The molecule has 0 aromatic carbocycles. The first-order chi connectivity index (χ1) is 11.5. The maximum atomic E-state index is 11.7. The molecule has 7 N–H and O–H groups in total. The van der Waals surface area contributed by atoms with Crippen LogP contribution in [0.1, 0.15) is 11.9 Å². The van der Waals surface area contributed by atoms with E-state index in [2.05, 4.69) is 9.98 Å². The van der Waals surface area contributed by atoms with Crippen LogP contribution in [0, 0.1) is 0 Å². The van der Waals surface area contributed by atoms with E-state index in [1.165, 1.54) is 0 Å². The first kappa shape index (κ1) is 18.0. The monoisotopic (exact) mass is 379 g/mol. The molecule has 1 saturated heterocycles. The number of aliphatic hydroxyl groups excluding tert-OH is 3. The van der Waals surface area contributed by atoms with Gasteiger partial charge in [0.25, 0.3) is 0 Å². The van der Waals surface area contributed by atoms with E-state index in [1.54, 1.807) is 0 Å². The van der Waals surface area contributed by atoms with Crippen LogP contribution >= 0.6 is 0 Å². The molecule has 0 aliphatic carbocycles. The Morgan fingerprint density at radius 3 is 2.56 bits per heavy atom. The Hall–Kier alpha value is -1.81. The molecule has 0 amide bonds. The minimum atomic E-state index is -5.12. The SMILES string of the molecule is CN1C(N)=Nc2c(ncn2[C@@H]2O[C@H](CO)[C@@H](O)[C@H]2O)C1(O)S(=O)(=O)O. The molecular weight excluding hydrogens is 362 g/mol. The van der Waals surface area contributed by atoms with E-state index in [0.717, 1.165) is 17.9 Å². The smallest absolute Gasteiger partial charge is 0.322 e. The van der Waals surface area contributed by atoms with Crippen LogP contribution < -0.4 is 5.73 Å². The van der Waals surface area contributed by atoms with Crippen LogP contribution in [-0.2, 0) is 19.9 Å². The summed E-state index contributed by atoms with van der Waals surface area (Å²) in [7, 11) is -4.03. The average molecular weight is 379 g/mol. The van der Waals surface area contributed by atoms with Gasteiger partial charge in [-0.25, -0.2) is 4.98 Å². The third-order valence-electron chi connectivity index (χ3n) is 4.25. The van der Waals surface area contributed by atoms with Crippen LogP contribution in [0.2, 0.25) is 0 Å². The maximum Gasteiger partial charge on any atom is 0.322 e. The Morgan fingerprint density at radius 2 is 2.04 bits per heavy atom. The second-order valence-corrected chi connectivity index (χ2v) is 7.18. The van der Waals surface area contributed by atoms with Crippen molar-refractivity contribution in [2.24, 2.45) is 10.7 Å². The number of aliphatic imine (C=N–C) groups is 1.